The summed E-state index contributed by atoms with van der Waals surface area (Å²) in [6, 6.07) is 14.5. The Morgan fingerprint density at radius 2 is 1.81 bits per heavy atom. The van der Waals surface area contributed by atoms with E-state index in [0.29, 0.717) is 12.2 Å². The van der Waals surface area contributed by atoms with Gasteiger partial charge in [-0.25, -0.2) is 13.1 Å². The van der Waals surface area contributed by atoms with Crippen molar-refractivity contribution in [3.8, 4) is 5.75 Å². The molecular weight excluding hydrogens is 350 g/mol. The van der Waals surface area contributed by atoms with Crippen LogP contribution in [-0.2, 0) is 10.0 Å². The highest BCUT2D eigenvalue weighted by Crippen LogP contribution is 2.24. The molecule has 0 saturated carbocycles. The molecule has 2 rings (SSSR count). The maximum absolute atomic E-state index is 12.6. The summed E-state index contributed by atoms with van der Waals surface area (Å²) in [6.07, 6.45) is 0.520. The maximum Gasteiger partial charge on any atom is 0.240 e. The number of sulfonamides is 1. The van der Waals surface area contributed by atoms with E-state index >= 15 is 0 Å². The van der Waals surface area contributed by atoms with Gasteiger partial charge in [-0.1, -0.05) is 30.3 Å². The van der Waals surface area contributed by atoms with E-state index in [9.17, 15) is 13.5 Å². The van der Waals surface area contributed by atoms with Crippen LogP contribution in [0.25, 0.3) is 0 Å². The molecule has 142 valence electrons. The smallest absolute Gasteiger partial charge is 0.240 e. The van der Waals surface area contributed by atoms with Gasteiger partial charge < -0.3 is 9.84 Å². The minimum Gasteiger partial charge on any atom is -0.491 e. The molecule has 0 heterocycles. The number of aliphatic hydroxyl groups excluding tert-OH is 1. The van der Waals surface area contributed by atoms with E-state index < -0.39 is 10.0 Å². The Morgan fingerprint density at radius 1 is 1.12 bits per heavy atom. The van der Waals surface area contributed by atoms with E-state index in [1.807, 2.05) is 51.1 Å². The number of benzene rings is 2. The molecular formula is C20H27NO4S. The van der Waals surface area contributed by atoms with Gasteiger partial charge in [-0.05, 0) is 62.4 Å². The zero-order valence-corrected chi connectivity index (χ0v) is 16.3. The number of ether oxygens (including phenoxy) is 1. The Balaban J connectivity index is 2.13. The number of aryl methyl sites for hydroxylation is 1. The predicted molar refractivity (Wildman–Crippen MR) is 103 cm³/mol. The quantitative estimate of drug-likeness (QED) is 0.703. The standard InChI is InChI=1S/C20H27NO4S/c1-15(2)25-20-10-9-19(13-16(20)3)26(23,24)21-14-18(11-12-22)17-7-5-4-6-8-17/h4-10,13,15,18,21-22H,11-12,14H2,1-3H3/t18-/m1/s1. The lowest BCUT2D eigenvalue weighted by atomic mass is 9.96. The van der Waals surface area contributed by atoms with Crippen LogP contribution in [0.5, 0.6) is 5.75 Å². The largest absolute Gasteiger partial charge is 0.491 e. The van der Waals surface area contributed by atoms with Gasteiger partial charge in [-0.3, -0.25) is 0 Å². The molecule has 5 nitrogen and oxygen atoms in total. The molecule has 0 radical (unpaired) electrons. The van der Waals surface area contributed by atoms with Crippen LogP contribution >= 0.6 is 0 Å². The van der Waals surface area contributed by atoms with Gasteiger partial charge >= 0.3 is 0 Å². The molecule has 0 amide bonds. The highest BCUT2D eigenvalue weighted by atomic mass is 32.2. The number of nitrogens with one attached hydrogen (secondary N) is 1. The highest BCUT2D eigenvalue weighted by molar-refractivity contribution is 7.89. The first-order valence-electron chi connectivity index (χ1n) is 8.76. The molecule has 2 aromatic rings. The van der Waals surface area contributed by atoms with Gasteiger partial charge in [0, 0.05) is 13.2 Å². The van der Waals surface area contributed by atoms with Gasteiger partial charge in [0.2, 0.25) is 10.0 Å². The summed E-state index contributed by atoms with van der Waals surface area (Å²) in [5.41, 5.74) is 1.78. The van der Waals surface area contributed by atoms with Crippen molar-refractivity contribution in [3.63, 3.8) is 0 Å². The lowest BCUT2D eigenvalue weighted by Gasteiger charge is -2.18. The van der Waals surface area contributed by atoms with E-state index in [1.54, 1.807) is 18.2 Å². The molecule has 0 aliphatic carbocycles. The first-order valence-corrected chi connectivity index (χ1v) is 10.2. The topological polar surface area (TPSA) is 75.6 Å². The lowest BCUT2D eigenvalue weighted by molar-refractivity contribution is 0.240. The second kappa shape index (κ2) is 9.16. The predicted octanol–water partition coefficient (Wildman–Crippen LogP) is 3.23. The first kappa shape index (κ1) is 20.4. The average molecular weight is 378 g/mol. The average Bonchev–Trinajstić information content (AvgIpc) is 2.60. The zero-order valence-electron chi connectivity index (χ0n) is 15.5. The van der Waals surface area contributed by atoms with E-state index in [1.165, 1.54) is 0 Å². The molecule has 0 spiro atoms. The third-order valence-electron chi connectivity index (χ3n) is 4.09. The summed E-state index contributed by atoms with van der Waals surface area (Å²) in [5.74, 6) is 0.599. The monoisotopic (exact) mass is 377 g/mol. The lowest BCUT2D eigenvalue weighted by Crippen LogP contribution is -2.29. The Bertz CT molecular complexity index is 804. The van der Waals surface area contributed by atoms with Crippen LogP contribution in [0.3, 0.4) is 0 Å². The SMILES string of the molecule is Cc1cc(S(=O)(=O)NC[C@@H](CCO)c2ccccc2)ccc1OC(C)C. The summed E-state index contributed by atoms with van der Waals surface area (Å²) in [4.78, 5) is 0.210. The second-order valence-electron chi connectivity index (χ2n) is 6.57. The first-order chi connectivity index (χ1) is 12.3. The van der Waals surface area contributed by atoms with Crippen molar-refractivity contribution < 1.29 is 18.3 Å². The molecule has 6 heteroatoms. The Morgan fingerprint density at radius 3 is 2.38 bits per heavy atom. The Hall–Kier alpha value is -1.89. The van der Waals surface area contributed by atoms with Gasteiger partial charge in [0.15, 0.2) is 0 Å². The van der Waals surface area contributed by atoms with Crippen molar-refractivity contribution in [2.75, 3.05) is 13.2 Å². The van der Waals surface area contributed by atoms with Crippen LogP contribution in [0.1, 0.15) is 37.3 Å². The van der Waals surface area contributed by atoms with Crippen molar-refractivity contribution in [1.29, 1.82) is 0 Å². The molecule has 0 bridgehead atoms. The molecule has 26 heavy (non-hydrogen) atoms. The molecule has 0 aliphatic heterocycles. The van der Waals surface area contributed by atoms with E-state index in [-0.39, 0.29) is 30.1 Å². The van der Waals surface area contributed by atoms with Gasteiger partial charge in [0.1, 0.15) is 5.75 Å². The fourth-order valence-corrected chi connectivity index (χ4v) is 3.90. The van der Waals surface area contributed by atoms with Crippen molar-refractivity contribution >= 4 is 10.0 Å². The number of hydrogen-bond donors (Lipinski definition) is 2. The molecule has 0 saturated heterocycles. The highest BCUT2D eigenvalue weighted by Gasteiger charge is 2.19. The number of hydrogen-bond acceptors (Lipinski definition) is 4. The number of aliphatic hydroxyl groups is 1. The van der Waals surface area contributed by atoms with Crippen molar-refractivity contribution in [2.24, 2.45) is 0 Å². The third kappa shape index (κ3) is 5.56. The van der Waals surface area contributed by atoms with E-state index in [0.717, 1.165) is 11.1 Å². The van der Waals surface area contributed by atoms with Gasteiger partial charge in [-0.2, -0.15) is 0 Å². The van der Waals surface area contributed by atoms with Crippen LogP contribution in [0, 0.1) is 6.92 Å². The van der Waals surface area contributed by atoms with Crippen molar-refractivity contribution in [3.05, 3.63) is 59.7 Å². The van der Waals surface area contributed by atoms with Crippen LogP contribution < -0.4 is 9.46 Å². The molecule has 0 aromatic heterocycles. The molecule has 0 fully saturated rings. The van der Waals surface area contributed by atoms with Gasteiger partial charge in [0.05, 0.1) is 11.0 Å². The van der Waals surface area contributed by atoms with Crippen LogP contribution in [0.15, 0.2) is 53.4 Å². The van der Waals surface area contributed by atoms with Crippen molar-refractivity contribution in [2.45, 2.75) is 44.1 Å². The van der Waals surface area contributed by atoms with Crippen molar-refractivity contribution in [1.82, 2.24) is 4.72 Å². The summed E-state index contributed by atoms with van der Waals surface area (Å²) < 4.78 is 33.6. The molecule has 1 atom stereocenters. The molecule has 2 aromatic carbocycles. The Labute approximate surface area is 156 Å². The normalized spacial score (nSPS) is 13.0. The van der Waals surface area contributed by atoms with Crippen LogP contribution in [0.2, 0.25) is 0 Å². The summed E-state index contributed by atoms with van der Waals surface area (Å²) >= 11 is 0. The third-order valence-corrected chi connectivity index (χ3v) is 5.51. The Kier molecular flexibility index (Phi) is 7.20. The summed E-state index contributed by atoms with van der Waals surface area (Å²) in [5, 5.41) is 9.29. The van der Waals surface area contributed by atoms with E-state index in [4.69, 9.17) is 4.74 Å². The van der Waals surface area contributed by atoms with Crippen LogP contribution in [-0.4, -0.2) is 32.8 Å². The zero-order chi connectivity index (χ0) is 19.2. The summed E-state index contributed by atoms with van der Waals surface area (Å²) in [7, 11) is -3.64. The van der Waals surface area contributed by atoms with E-state index in [2.05, 4.69) is 4.72 Å². The second-order valence-corrected chi connectivity index (χ2v) is 8.33. The fourth-order valence-electron chi connectivity index (χ4n) is 2.74. The van der Waals surface area contributed by atoms with Crippen LogP contribution in [0.4, 0.5) is 0 Å². The number of rotatable bonds is 9. The summed E-state index contributed by atoms with van der Waals surface area (Å²) in [6.45, 7) is 5.92. The minimum absolute atomic E-state index is 0.00162. The van der Waals surface area contributed by atoms with Gasteiger partial charge in [0.25, 0.3) is 0 Å². The maximum atomic E-state index is 12.6. The molecule has 0 unspecified atom stereocenters. The van der Waals surface area contributed by atoms with Gasteiger partial charge in [-0.15, -0.1) is 0 Å². The minimum atomic E-state index is -3.64. The molecule has 0 aliphatic rings. The molecule has 2 N–H and O–H groups in total. The fraction of sp³-hybridized carbons (Fsp3) is 0.400.